The predicted octanol–water partition coefficient (Wildman–Crippen LogP) is 3.83. The summed E-state index contributed by atoms with van der Waals surface area (Å²) in [5.74, 6) is -0.0699. The first-order valence-corrected chi connectivity index (χ1v) is 12.1. The summed E-state index contributed by atoms with van der Waals surface area (Å²) in [4.78, 5) is 41.1. The minimum Gasteiger partial charge on any atom is -0.497 e. The number of amides is 3. The number of benzene rings is 1. The van der Waals surface area contributed by atoms with Gasteiger partial charge in [0.1, 0.15) is 17.6 Å². The van der Waals surface area contributed by atoms with Crippen LogP contribution in [0, 0.1) is 0 Å². The quantitative estimate of drug-likeness (QED) is 0.444. The van der Waals surface area contributed by atoms with Crippen LogP contribution in [0.15, 0.2) is 69.9 Å². The molecule has 3 aromatic rings. The molecule has 1 fully saturated rings. The van der Waals surface area contributed by atoms with Crippen LogP contribution in [-0.2, 0) is 16.1 Å². The minimum atomic E-state index is -0.958. The van der Waals surface area contributed by atoms with Crippen molar-refractivity contribution in [3.8, 4) is 5.75 Å². The third-order valence-corrected chi connectivity index (χ3v) is 6.29. The topological polar surface area (TPSA) is 114 Å². The molecule has 0 aliphatic heterocycles. The van der Waals surface area contributed by atoms with E-state index in [0.29, 0.717) is 17.1 Å². The molecule has 1 unspecified atom stereocenters. The Hall–Kier alpha value is -4.01. The van der Waals surface area contributed by atoms with Crippen LogP contribution in [0.1, 0.15) is 60.0 Å². The molecule has 9 nitrogen and oxygen atoms in total. The van der Waals surface area contributed by atoms with E-state index in [2.05, 4.69) is 10.6 Å². The van der Waals surface area contributed by atoms with Crippen molar-refractivity contribution in [2.24, 2.45) is 0 Å². The molecule has 2 N–H and O–H groups in total. The predicted molar refractivity (Wildman–Crippen MR) is 131 cm³/mol. The maximum absolute atomic E-state index is 13.7. The number of nitrogens with one attached hydrogen (secondary N) is 2. The summed E-state index contributed by atoms with van der Waals surface area (Å²) < 4.78 is 16.0. The van der Waals surface area contributed by atoms with Gasteiger partial charge in [0.05, 0.1) is 32.7 Å². The van der Waals surface area contributed by atoms with Crippen LogP contribution >= 0.6 is 0 Å². The first kappa shape index (κ1) is 25.1. The van der Waals surface area contributed by atoms with Gasteiger partial charge in [-0.3, -0.25) is 14.4 Å². The van der Waals surface area contributed by atoms with Crippen molar-refractivity contribution in [2.75, 3.05) is 13.7 Å². The van der Waals surface area contributed by atoms with Crippen LogP contribution < -0.4 is 15.4 Å². The van der Waals surface area contributed by atoms with Gasteiger partial charge in [0.25, 0.3) is 5.91 Å². The average Bonchev–Trinajstić information content (AvgIpc) is 3.62. The number of hydrogen-bond acceptors (Lipinski definition) is 6. The first-order valence-electron chi connectivity index (χ1n) is 12.1. The normalized spacial score (nSPS) is 14.6. The van der Waals surface area contributed by atoms with E-state index in [1.54, 1.807) is 49.6 Å². The van der Waals surface area contributed by atoms with Crippen molar-refractivity contribution in [1.29, 1.82) is 0 Å². The maximum Gasteiger partial charge on any atom is 0.287 e. The number of furan rings is 2. The van der Waals surface area contributed by atoms with E-state index in [0.717, 1.165) is 32.1 Å². The zero-order valence-corrected chi connectivity index (χ0v) is 20.3. The average molecular weight is 494 g/mol. The molecule has 1 aromatic carbocycles. The van der Waals surface area contributed by atoms with Crippen molar-refractivity contribution >= 4 is 17.7 Å². The molecule has 4 rings (SSSR count). The first-order chi connectivity index (χ1) is 17.5. The van der Waals surface area contributed by atoms with Gasteiger partial charge < -0.3 is 29.1 Å². The summed E-state index contributed by atoms with van der Waals surface area (Å²) in [6.07, 6.45) is 7.98. The highest BCUT2D eigenvalue weighted by molar-refractivity contribution is 5.95. The van der Waals surface area contributed by atoms with Crippen molar-refractivity contribution < 1.29 is 28.0 Å². The molecule has 3 amide bonds. The molecule has 0 radical (unpaired) electrons. The van der Waals surface area contributed by atoms with E-state index < -0.39 is 17.9 Å². The molecule has 1 saturated carbocycles. The number of rotatable bonds is 10. The molecule has 1 atom stereocenters. The summed E-state index contributed by atoms with van der Waals surface area (Å²) in [6.45, 7) is -0.278. The summed E-state index contributed by atoms with van der Waals surface area (Å²) in [6, 6.07) is 12.8. The van der Waals surface area contributed by atoms with Gasteiger partial charge in [-0.15, -0.1) is 0 Å². The molecule has 2 heterocycles. The van der Waals surface area contributed by atoms with Gasteiger partial charge in [0, 0.05) is 6.04 Å². The number of carbonyl (C=O) groups is 3. The number of ether oxygens (including phenoxy) is 1. The van der Waals surface area contributed by atoms with Gasteiger partial charge in [0.2, 0.25) is 11.8 Å². The molecule has 36 heavy (non-hydrogen) atoms. The van der Waals surface area contributed by atoms with E-state index in [9.17, 15) is 14.4 Å². The lowest BCUT2D eigenvalue weighted by Crippen LogP contribution is -2.49. The number of carbonyl (C=O) groups excluding carboxylic acids is 3. The lowest BCUT2D eigenvalue weighted by atomic mass is 9.94. The Kier molecular flexibility index (Phi) is 8.44. The number of nitrogens with zero attached hydrogens (tertiary/aromatic N) is 1. The molecule has 190 valence electrons. The van der Waals surface area contributed by atoms with Crippen LogP contribution in [-0.4, -0.2) is 42.3 Å². The largest absolute Gasteiger partial charge is 0.497 e. The Morgan fingerprint density at radius 1 is 1.03 bits per heavy atom. The zero-order chi connectivity index (χ0) is 25.3. The van der Waals surface area contributed by atoms with Crippen molar-refractivity contribution in [3.05, 3.63) is 78.1 Å². The van der Waals surface area contributed by atoms with Crippen LogP contribution in [0.2, 0.25) is 0 Å². The van der Waals surface area contributed by atoms with Gasteiger partial charge in [-0.25, -0.2) is 0 Å². The van der Waals surface area contributed by atoms with E-state index in [1.807, 2.05) is 0 Å². The summed E-state index contributed by atoms with van der Waals surface area (Å²) in [5.41, 5.74) is 0.597. The van der Waals surface area contributed by atoms with Gasteiger partial charge in [-0.05, 0) is 54.8 Å². The highest BCUT2D eigenvalue weighted by Crippen LogP contribution is 2.28. The summed E-state index contributed by atoms with van der Waals surface area (Å²) >= 11 is 0. The fraction of sp³-hybridized carbons (Fsp3) is 0.370. The smallest absolute Gasteiger partial charge is 0.287 e. The van der Waals surface area contributed by atoms with Crippen molar-refractivity contribution in [3.63, 3.8) is 0 Å². The molecular weight excluding hydrogens is 462 g/mol. The third-order valence-electron chi connectivity index (χ3n) is 6.29. The van der Waals surface area contributed by atoms with Crippen LogP contribution in [0.25, 0.3) is 0 Å². The Labute approximate surface area is 209 Å². The molecule has 9 heteroatoms. The summed E-state index contributed by atoms with van der Waals surface area (Å²) in [5, 5.41) is 5.73. The third kappa shape index (κ3) is 6.35. The molecule has 2 aromatic heterocycles. The molecule has 1 aliphatic carbocycles. The van der Waals surface area contributed by atoms with E-state index in [4.69, 9.17) is 13.6 Å². The van der Waals surface area contributed by atoms with E-state index >= 15 is 0 Å². The fourth-order valence-electron chi connectivity index (χ4n) is 4.46. The second-order valence-electron chi connectivity index (χ2n) is 8.78. The maximum atomic E-state index is 13.7. The van der Waals surface area contributed by atoms with E-state index in [1.165, 1.54) is 23.5 Å². The molecular formula is C27H31N3O6. The standard InChI is InChI=1S/C27H31N3O6/c1-34-21-11-5-8-19(16-21)25(27(33)29-20-9-3-2-4-10-20)30(18-22-12-6-14-35-22)24(31)17-28-26(32)23-13-7-15-36-23/h5-8,11-16,20,25H,2-4,9-10,17-18H2,1H3,(H,28,32)(H,29,33). The van der Waals surface area contributed by atoms with Crippen molar-refractivity contribution in [2.45, 2.75) is 50.7 Å². The highest BCUT2D eigenvalue weighted by atomic mass is 16.5. The van der Waals surface area contributed by atoms with Gasteiger partial charge in [-0.1, -0.05) is 31.4 Å². The SMILES string of the molecule is COc1cccc(C(C(=O)NC2CCCCC2)N(Cc2ccco2)C(=O)CNC(=O)c2ccco2)c1. The molecule has 0 spiro atoms. The fourth-order valence-corrected chi connectivity index (χ4v) is 4.46. The summed E-state index contributed by atoms with van der Waals surface area (Å²) in [7, 11) is 1.55. The second-order valence-corrected chi connectivity index (χ2v) is 8.78. The number of hydrogen-bond donors (Lipinski definition) is 2. The van der Waals surface area contributed by atoms with Gasteiger partial charge in [0.15, 0.2) is 5.76 Å². The Morgan fingerprint density at radius 2 is 1.81 bits per heavy atom. The lowest BCUT2D eigenvalue weighted by Gasteiger charge is -2.33. The Morgan fingerprint density at radius 3 is 2.50 bits per heavy atom. The minimum absolute atomic E-state index is 0.0441. The molecule has 0 saturated heterocycles. The molecule has 1 aliphatic rings. The van der Waals surface area contributed by atoms with Crippen LogP contribution in [0.4, 0.5) is 0 Å². The van der Waals surface area contributed by atoms with Crippen molar-refractivity contribution in [1.82, 2.24) is 15.5 Å². The Balaban J connectivity index is 1.62. The van der Waals surface area contributed by atoms with Gasteiger partial charge >= 0.3 is 0 Å². The lowest BCUT2D eigenvalue weighted by molar-refractivity contribution is -0.141. The van der Waals surface area contributed by atoms with Crippen LogP contribution in [0.5, 0.6) is 5.75 Å². The second kappa shape index (κ2) is 12.1. The highest BCUT2D eigenvalue weighted by Gasteiger charge is 2.34. The van der Waals surface area contributed by atoms with Crippen LogP contribution in [0.3, 0.4) is 0 Å². The molecule has 0 bridgehead atoms. The monoisotopic (exact) mass is 493 g/mol. The van der Waals surface area contributed by atoms with Gasteiger partial charge in [-0.2, -0.15) is 0 Å². The number of methoxy groups -OCH3 is 1. The Bertz CT molecular complexity index is 1140. The van der Waals surface area contributed by atoms with E-state index in [-0.39, 0.29) is 30.8 Å². The zero-order valence-electron chi connectivity index (χ0n) is 20.3.